The summed E-state index contributed by atoms with van der Waals surface area (Å²) in [6, 6.07) is 6.17. The summed E-state index contributed by atoms with van der Waals surface area (Å²) >= 11 is 1.55. The highest BCUT2D eigenvalue weighted by atomic mass is 32.2. The molecule has 146 valence electrons. The fourth-order valence-electron chi connectivity index (χ4n) is 3.08. The molecule has 0 radical (unpaired) electrons. The maximum absolute atomic E-state index is 12.2. The monoisotopic (exact) mass is 389 g/mol. The van der Waals surface area contributed by atoms with Crippen LogP contribution in [0.4, 0.5) is 4.79 Å². The van der Waals surface area contributed by atoms with E-state index in [0.717, 1.165) is 29.8 Å². The van der Waals surface area contributed by atoms with Crippen molar-refractivity contribution < 1.29 is 13.9 Å². The van der Waals surface area contributed by atoms with E-state index in [2.05, 4.69) is 23.2 Å². The number of carbonyl (C=O) groups is 1. The number of hydrogen-bond acceptors (Lipinski definition) is 6. The van der Waals surface area contributed by atoms with Crippen molar-refractivity contribution in [3.8, 4) is 11.5 Å². The summed E-state index contributed by atoms with van der Waals surface area (Å²) in [6.07, 6.45) is 0.731. The number of likely N-dealkylation sites (tertiary alicyclic amines) is 1. The standard InChI is InChI=1S/C20H27N3O3S/c1-13-6-7-16(14(2)10-13)17-21-22-18(25-17)27-12-15-8-9-23(11-15)19(24)26-20(3,4)5/h6-7,10,15H,8-9,11-12H2,1-5H3/t15-/m0/s1. The molecule has 1 aliphatic rings. The van der Waals surface area contributed by atoms with E-state index in [0.29, 0.717) is 23.6 Å². The second kappa shape index (κ2) is 7.92. The summed E-state index contributed by atoms with van der Waals surface area (Å²) in [6.45, 7) is 11.2. The Balaban J connectivity index is 1.53. The molecule has 0 spiro atoms. The lowest BCUT2D eigenvalue weighted by atomic mass is 10.1. The van der Waals surface area contributed by atoms with Crippen LogP contribution in [0, 0.1) is 19.8 Å². The molecule has 2 aromatic rings. The number of carbonyl (C=O) groups excluding carboxylic acids is 1. The van der Waals surface area contributed by atoms with Gasteiger partial charge < -0.3 is 14.1 Å². The molecular weight excluding hydrogens is 362 g/mol. The SMILES string of the molecule is Cc1ccc(-c2nnc(SC[C@H]3CCN(C(=O)OC(C)(C)C)C3)o2)c(C)c1. The first-order valence-corrected chi connectivity index (χ1v) is 10.2. The summed E-state index contributed by atoms with van der Waals surface area (Å²) in [4.78, 5) is 13.9. The Kier molecular flexibility index (Phi) is 5.79. The Bertz CT molecular complexity index is 813. The molecule has 3 rings (SSSR count). The smallest absolute Gasteiger partial charge is 0.410 e. The molecule has 0 N–H and O–H groups in total. The van der Waals surface area contributed by atoms with E-state index < -0.39 is 5.60 Å². The van der Waals surface area contributed by atoms with Crippen LogP contribution < -0.4 is 0 Å². The molecule has 0 saturated carbocycles. The number of hydrogen-bond donors (Lipinski definition) is 0. The Morgan fingerprint density at radius 3 is 2.81 bits per heavy atom. The van der Waals surface area contributed by atoms with E-state index in [-0.39, 0.29) is 6.09 Å². The van der Waals surface area contributed by atoms with Gasteiger partial charge in [0.05, 0.1) is 0 Å². The average molecular weight is 390 g/mol. The largest absolute Gasteiger partial charge is 0.444 e. The normalized spacial score (nSPS) is 17.4. The van der Waals surface area contributed by atoms with Crippen LogP contribution in [-0.2, 0) is 4.74 Å². The second-order valence-electron chi connectivity index (χ2n) is 8.08. The Morgan fingerprint density at radius 1 is 1.33 bits per heavy atom. The summed E-state index contributed by atoms with van der Waals surface area (Å²) in [5.41, 5.74) is 2.84. The van der Waals surface area contributed by atoms with E-state index in [1.807, 2.05) is 39.8 Å². The van der Waals surface area contributed by atoms with Crippen molar-refractivity contribution in [2.24, 2.45) is 5.92 Å². The minimum atomic E-state index is -0.460. The van der Waals surface area contributed by atoms with Gasteiger partial charge in [-0.25, -0.2) is 4.79 Å². The van der Waals surface area contributed by atoms with Crippen LogP contribution in [0.5, 0.6) is 0 Å². The van der Waals surface area contributed by atoms with Crippen molar-refractivity contribution >= 4 is 17.9 Å². The fraction of sp³-hybridized carbons (Fsp3) is 0.550. The van der Waals surface area contributed by atoms with Gasteiger partial charge in [0.25, 0.3) is 5.22 Å². The molecule has 0 bridgehead atoms. The van der Waals surface area contributed by atoms with Gasteiger partial charge in [-0.05, 0) is 58.6 Å². The molecule has 7 heteroatoms. The predicted octanol–water partition coefficient (Wildman–Crippen LogP) is 4.70. The van der Waals surface area contributed by atoms with Crippen LogP contribution in [0.25, 0.3) is 11.5 Å². The molecule has 0 unspecified atom stereocenters. The van der Waals surface area contributed by atoms with Crippen LogP contribution >= 0.6 is 11.8 Å². The number of thioether (sulfide) groups is 1. The molecule has 1 saturated heterocycles. The lowest BCUT2D eigenvalue weighted by Gasteiger charge is -2.24. The van der Waals surface area contributed by atoms with Crippen molar-refractivity contribution in [3.63, 3.8) is 0 Å². The molecule has 6 nitrogen and oxygen atoms in total. The van der Waals surface area contributed by atoms with Gasteiger partial charge in [-0.1, -0.05) is 29.5 Å². The molecule has 1 amide bonds. The van der Waals surface area contributed by atoms with Crippen molar-refractivity contribution in [2.75, 3.05) is 18.8 Å². The Hall–Kier alpha value is -2.02. The number of rotatable bonds is 4. The van der Waals surface area contributed by atoms with Gasteiger partial charge in [0, 0.05) is 24.4 Å². The molecule has 27 heavy (non-hydrogen) atoms. The maximum Gasteiger partial charge on any atom is 0.410 e. The molecule has 2 heterocycles. The van der Waals surface area contributed by atoms with Crippen molar-refractivity contribution in [2.45, 2.75) is 51.9 Å². The van der Waals surface area contributed by atoms with Gasteiger partial charge in [-0.15, -0.1) is 10.2 Å². The number of benzene rings is 1. The summed E-state index contributed by atoms with van der Waals surface area (Å²) in [5, 5.41) is 8.91. The molecule has 0 aliphatic carbocycles. The van der Waals surface area contributed by atoms with Gasteiger partial charge >= 0.3 is 6.09 Å². The predicted molar refractivity (Wildman–Crippen MR) is 106 cm³/mol. The third-order valence-electron chi connectivity index (χ3n) is 4.40. The lowest BCUT2D eigenvalue weighted by Crippen LogP contribution is -2.35. The first-order valence-electron chi connectivity index (χ1n) is 9.23. The Morgan fingerprint density at radius 2 is 2.11 bits per heavy atom. The van der Waals surface area contributed by atoms with E-state index in [1.165, 1.54) is 5.56 Å². The zero-order valence-corrected chi connectivity index (χ0v) is 17.4. The number of aryl methyl sites for hydroxylation is 2. The molecule has 1 aliphatic heterocycles. The van der Waals surface area contributed by atoms with Gasteiger partial charge in [-0.2, -0.15) is 0 Å². The zero-order valence-electron chi connectivity index (χ0n) is 16.6. The highest BCUT2D eigenvalue weighted by Crippen LogP contribution is 2.29. The van der Waals surface area contributed by atoms with E-state index >= 15 is 0 Å². The van der Waals surface area contributed by atoms with Crippen molar-refractivity contribution in [1.82, 2.24) is 15.1 Å². The van der Waals surface area contributed by atoms with Crippen LogP contribution in [0.3, 0.4) is 0 Å². The summed E-state index contributed by atoms with van der Waals surface area (Å²) < 4.78 is 11.3. The van der Waals surface area contributed by atoms with E-state index in [9.17, 15) is 4.79 Å². The lowest BCUT2D eigenvalue weighted by molar-refractivity contribution is 0.0289. The van der Waals surface area contributed by atoms with Gasteiger partial charge in [0.15, 0.2) is 0 Å². The quantitative estimate of drug-likeness (QED) is 0.706. The number of nitrogens with zero attached hydrogens (tertiary/aromatic N) is 3. The third-order valence-corrected chi connectivity index (χ3v) is 5.45. The first kappa shape index (κ1) is 19.7. The second-order valence-corrected chi connectivity index (χ2v) is 9.05. The maximum atomic E-state index is 12.2. The summed E-state index contributed by atoms with van der Waals surface area (Å²) in [7, 11) is 0. The minimum Gasteiger partial charge on any atom is -0.444 e. The minimum absolute atomic E-state index is 0.232. The molecule has 1 aromatic carbocycles. The van der Waals surface area contributed by atoms with E-state index in [1.54, 1.807) is 16.7 Å². The average Bonchev–Trinajstić information content (AvgIpc) is 3.20. The third kappa shape index (κ3) is 5.25. The molecular formula is C20H27N3O3S. The topological polar surface area (TPSA) is 68.5 Å². The Labute approximate surface area is 164 Å². The van der Waals surface area contributed by atoms with Crippen molar-refractivity contribution in [3.05, 3.63) is 29.3 Å². The highest BCUT2D eigenvalue weighted by molar-refractivity contribution is 7.99. The highest BCUT2D eigenvalue weighted by Gasteiger charge is 2.30. The van der Waals surface area contributed by atoms with Gasteiger partial charge in [0.2, 0.25) is 5.89 Å². The fourth-order valence-corrected chi connectivity index (χ4v) is 3.97. The van der Waals surface area contributed by atoms with Crippen LogP contribution in [0.15, 0.2) is 27.8 Å². The van der Waals surface area contributed by atoms with Gasteiger partial charge in [0.1, 0.15) is 5.60 Å². The molecule has 1 atom stereocenters. The molecule has 1 aromatic heterocycles. The zero-order chi connectivity index (χ0) is 19.6. The number of ether oxygens (including phenoxy) is 1. The van der Waals surface area contributed by atoms with Gasteiger partial charge in [-0.3, -0.25) is 0 Å². The van der Waals surface area contributed by atoms with Crippen LogP contribution in [0.1, 0.15) is 38.3 Å². The summed E-state index contributed by atoms with van der Waals surface area (Å²) in [5.74, 6) is 1.80. The number of aromatic nitrogens is 2. The van der Waals surface area contributed by atoms with Crippen molar-refractivity contribution in [1.29, 1.82) is 0 Å². The van der Waals surface area contributed by atoms with Crippen LogP contribution in [0.2, 0.25) is 0 Å². The molecule has 1 fully saturated rings. The number of amides is 1. The van der Waals surface area contributed by atoms with Crippen LogP contribution in [-0.4, -0.2) is 45.6 Å². The first-order chi connectivity index (χ1) is 12.7. The van der Waals surface area contributed by atoms with E-state index in [4.69, 9.17) is 9.15 Å².